The second-order valence-electron chi connectivity index (χ2n) is 5.37. The van der Waals surface area contributed by atoms with Gasteiger partial charge in [0, 0.05) is 13.1 Å². The summed E-state index contributed by atoms with van der Waals surface area (Å²) in [6, 6.07) is 0. The van der Waals surface area contributed by atoms with E-state index in [4.69, 9.17) is 4.74 Å². The van der Waals surface area contributed by atoms with Crippen LogP contribution < -0.4 is 5.32 Å². The predicted molar refractivity (Wildman–Crippen MR) is 73.2 cm³/mol. The molecule has 2 atom stereocenters. The fraction of sp³-hybridized carbons (Fsp3) is 0.857. The fourth-order valence-electron chi connectivity index (χ4n) is 1.59. The highest BCUT2D eigenvalue weighted by atomic mass is 16.5. The Hall–Kier alpha value is -0.380. The van der Waals surface area contributed by atoms with Crippen LogP contribution in [0.5, 0.6) is 0 Å². The van der Waals surface area contributed by atoms with Gasteiger partial charge in [-0.2, -0.15) is 0 Å². The van der Waals surface area contributed by atoms with E-state index in [1.165, 1.54) is 5.57 Å². The number of nitrogens with one attached hydrogen (secondary N) is 1. The highest BCUT2D eigenvalue weighted by molar-refractivity contribution is 4.94. The summed E-state index contributed by atoms with van der Waals surface area (Å²) in [6.07, 6.45) is 2.95. The van der Waals surface area contributed by atoms with E-state index in [0.29, 0.717) is 19.1 Å². The van der Waals surface area contributed by atoms with Gasteiger partial charge in [0.05, 0.1) is 18.8 Å². The van der Waals surface area contributed by atoms with Gasteiger partial charge in [0.1, 0.15) is 0 Å². The summed E-state index contributed by atoms with van der Waals surface area (Å²) in [7, 11) is 0. The molecule has 102 valence electrons. The standard InChI is InChI=1S/C14H29NO2/c1-11(2)6-7-15-9-14(16)10-17-13(5)8-12(3)4/h6,12-16H,7-10H2,1-5H3. The van der Waals surface area contributed by atoms with Crippen molar-refractivity contribution in [1.82, 2.24) is 5.32 Å². The Morgan fingerprint density at radius 2 is 1.94 bits per heavy atom. The van der Waals surface area contributed by atoms with Gasteiger partial charge in [-0.05, 0) is 33.1 Å². The van der Waals surface area contributed by atoms with Crippen LogP contribution in [0.4, 0.5) is 0 Å². The second-order valence-corrected chi connectivity index (χ2v) is 5.37. The first-order chi connectivity index (χ1) is 7.91. The van der Waals surface area contributed by atoms with Gasteiger partial charge in [-0.25, -0.2) is 0 Å². The van der Waals surface area contributed by atoms with Crippen LogP contribution in [-0.4, -0.2) is 37.0 Å². The van der Waals surface area contributed by atoms with Crippen molar-refractivity contribution in [3.8, 4) is 0 Å². The van der Waals surface area contributed by atoms with Crippen molar-refractivity contribution in [1.29, 1.82) is 0 Å². The minimum atomic E-state index is -0.421. The molecule has 0 bridgehead atoms. The van der Waals surface area contributed by atoms with E-state index < -0.39 is 6.10 Å². The van der Waals surface area contributed by atoms with Crippen LogP contribution in [0.2, 0.25) is 0 Å². The molecule has 17 heavy (non-hydrogen) atoms. The van der Waals surface area contributed by atoms with E-state index in [1.807, 2.05) is 0 Å². The Balaban J connectivity index is 3.52. The van der Waals surface area contributed by atoms with Gasteiger partial charge in [0.25, 0.3) is 0 Å². The van der Waals surface area contributed by atoms with Crippen LogP contribution in [0.3, 0.4) is 0 Å². The first kappa shape index (κ1) is 16.6. The average Bonchev–Trinajstić information content (AvgIpc) is 2.20. The van der Waals surface area contributed by atoms with Gasteiger partial charge >= 0.3 is 0 Å². The average molecular weight is 243 g/mol. The maximum absolute atomic E-state index is 9.69. The van der Waals surface area contributed by atoms with Gasteiger partial charge in [-0.15, -0.1) is 0 Å². The van der Waals surface area contributed by atoms with Crippen LogP contribution >= 0.6 is 0 Å². The molecular weight excluding hydrogens is 214 g/mol. The minimum absolute atomic E-state index is 0.224. The number of rotatable bonds is 9. The lowest BCUT2D eigenvalue weighted by Crippen LogP contribution is -2.32. The maximum atomic E-state index is 9.69. The number of allylic oxidation sites excluding steroid dienone is 1. The van der Waals surface area contributed by atoms with E-state index >= 15 is 0 Å². The van der Waals surface area contributed by atoms with Gasteiger partial charge in [0.15, 0.2) is 0 Å². The Kier molecular flexibility index (Phi) is 9.41. The molecule has 2 unspecified atom stereocenters. The third-order valence-corrected chi connectivity index (χ3v) is 2.41. The SMILES string of the molecule is CC(C)=CCNCC(O)COC(C)CC(C)C. The zero-order chi connectivity index (χ0) is 13.3. The first-order valence-electron chi connectivity index (χ1n) is 6.55. The molecule has 3 nitrogen and oxygen atoms in total. The van der Waals surface area contributed by atoms with Crippen molar-refractivity contribution in [2.24, 2.45) is 5.92 Å². The minimum Gasteiger partial charge on any atom is -0.389 e. The largest absolute Gasteiger partial charge is 0.389 e. The van der Waals surface area contributed by atoms with E-state index in [2.05, 4.69) is 46.0 Å². The van der Waals surface area contributed by atoms with Gasteiger partial charge in [-0.3, -0.25) is 0 Å². The van der Waals surface area contributed by atoms with Gasteiger partial charge < -0.3 is 15.2 Å². The third kappa shape index (κ3) is 11.9. The van der Waals surface area contributed by atoms with E-state index in [9.17, 15) is 5.11 Å². The molecular formula is C14H29NO2. The highest BCUT2D eigenvalue weighted by Crippen LogP contribution is 2.07. The summed E-state index contributed by atoms with van der Waals surface area (Å²) in [5.74, 6) is 0.637. The van der Waals surface area contributed by atoms with Crippen molar-refractivity contribution in [3.63, 3.8) is 0 Å². The fourth-order valence-corrected chi connectivity index (χ4v) is 1.59. The predicted octanol–water partition coefficient (Wildman–Crippen LogP) is 2.35. The van der Waals surface area contributed by atoms with Gasteiger partial charge in [0.2, 0.25) is 0 Å². The molecule has 0 spiro atoms. The Morgan fingerprint density at radius 1 is 1.29 bits per heavy atom. The molecule has 2 N–H and O–H groups in total. The summed E-state index contributed by atoms with van der Waals surface area (Å²) in [6.45, 7) is 12.3. The monoisotopic (exact) mass is 243 g/mol. The molecule has 0 aliphatic carbocycles. The lowest BCUT2D eigenvalue weighted by molar-refractivity contribution is -0.00819. The Bertz CT molecular complexity index is 210. The van der Waals surface area contributed by atoms with Crippen LogP contribution in [0, 0.1) is 5.92 Å². The molecule has 0 radical (unpaired) electrons. The van der Waals surface area contributed by atoms with Crippen molar-refractivity contribution in [2.45, 2.75) is 53.2 Å². The van der Waals surface area contributed by atoms with Crippen LogP contribution in [0.15, 0.2) is 11.6 Å². The smallest absolute Gasteiger partial charge is 0.0897 e. The number of ether oxygens (including phenoxy) is 1. The van der Waals surface area contributed by atoms with Crippen LogP contribution in [0.25, 0.3) is 0 Å². The van der Waals surface area contributed by atoms with Crippen LogP contribution in [0.1, 0.15) is 41.0 Å². The molecule has 0 saturated carbocycles. The van der Waals surface area contributed by atoms with Crippen molar-refractivity contribution < 1.29 is 9.84 Å². The molecule has 0 amide bonds. The van der Waals surface area contributed by atoms with Gasteiger partial charge in [-0.1, -0.05) is 25.5 Å². The second kappa shape index (κ2) is 9.63. The summed E-state index contributed by atoms with van der Waals surface area (Å²) in [5, 5.41) is 12.9. The van der Waals surface area contributed by atoms with Crippen molar-refractivity contribution in [3.05, 3.63) is 11.6 Å². The molecule has 0 heterocycles. The molecule has 0 saturated heterocycles. The first-order valence-corrected chi connectivity index (χ1v) is 6.55. The van der Waals surface area contributed by atoms with Crippen molar-refractivity contribution >= 4 is 0 Å². The third-order valence-electron chi connectivity index (χ3n) is 2.41. The van der Waals surface area contributed by atoms with E-state index in [1.54, 1.807) is 0 Å². The Morgan fingerprint density at radius 3 is 2.47 bits per heavy atom. The summed E-state index contributed by atoms with van der Waals surface area (Å²) in [4.78, 5) is 0. The van der Waals surface area contributed by atoms with E-state index in [0.717, 1.165) is 13.0 Å². The van der Waals surface area contributed by atoms with Crippen molar-refractivity contribution in [2.75, 3.05) is 19.7 Å². The lowest BCUT2D eigenvalue weighted by Gasteiger charge is -2.18. The number of hydrogen-bond donors (Lipinski definition) is 2. The zero-order valence-electron chi connectivity index (χ0n) is 12.0. The molecule has 0 aromatic heterocycles. The molecule has 0 rings (SSSR count). The van der Waals surface area contributed by atoms with Crippen LogP contribution in [-0.2, 0) is 4.74 Å². The number of aliphatic hydroxyl groups excluding tert-OH is 1. The maximum Gasteiger partial charge on any atom is 0.0897 e. The Labute approximate surface area is 106 Å². The molecule has 3 heteroatoms. The summed E-state index contributed by atoms with van der Waals surface area (Å²) < 4.78 is 5.59. The molecule has 0 aliphatic rings. The topological polar surface area (TPSA) is 41.5 Å². The lowest BCUT2D eigenvalue weighted by atomic mass is 10.1. The molecule has 0 fully saturated rings. The number of aliphatic hydroxyl groups is 1. The van der Waals surface area contributed by atoms with E-state index in [-0.39, 0.29) is 6.10 Å². The quantitative estimate of drug-likeness (QED) is 0.482. The molecule has 0 aliphatic heterocycles. The summed E-state index contributed by atoms with van der Waals surface area (Å²) >= 11 is 0. The molecule has 0 aromatic rings. The molecule has 0 aromatic carbocycles. The highest BCUT2D eigenvalue weighted by Gasteiger charge is 2.08. The summed E-state index contributed by atoms with van der Waals surface area (Å²) in [5.41, 5.74) is 1.29. The normalized spacial score (nSPS) is 14.8. The number of hydrogen-bond acceptors (Lipinski definition) is 3. The zero-order valence-corrected chi connectivity index (χ0v) is 12.0.